The molecule has 0 radical (unpaired) electrons. The number of nitro benzene ring substituents is 1. The van der Waals surface area contributed by atoms with Crippen molar-refractivity contribution in [2.24, 2.45) is 0 Å². The minimum atomic E-state index is -0.476. The van der Waals surface area contributed by atoms with Gasteiger partial charge in [-0.2, -0.15) is 0 Å². The Kier molecular flexibility index (Phi) is 5.62. The molecule has 0 aliphatic carbocycles. The normalized spacial score (nSPS) is 11.2. The number of carbonyl (C=O) groups is 1. The molecule has 1 aromatic heterocycles. The number of allylic oxidation sites excluding steroid dienone is 1. The number of carbonyl (C=O) groups excluding carboxylic acids is 1. The van der Waals surface area contributed by atoms with Crippen molar-refractivity contribution in [3.63, 3.8) is 0 Å². The first-order valence-electron chi connectivity index (χ1n) is 9.41. The maximum atomic E-state index is 12.9. The average molecular weight is 411 g/mol. The molecule has 0 spiro atoms. The van der Waals surface area contributed by atoms with E-state index in [1.165, 1.54) is 29.1 Å². The molecule has 0 fully saturated rings. The molecule has 152 valence electrons. The van der Waals surface area contributed by atoms with Crippen LogP contribution < -0.4 is 5.32 Å². The number of aromatic nitrogens is 3. The molecule has 4 rings (SSSR count). The highest BCUT2D eigenvalue weighted by molar-refractivity contribution is 6.08. The molecule has 0 bridgehead atoms. The number of hydrogen-bond donors (Lipinski definition) is 1. The first kappa shape index (κ1) is 19.7. The van der Waals surface area contributed by atoms with E-state index in [1.54, 1.807) is 12.1 Å². The number of anilines is 1. The lowest BCUT2D eigenvalue weighted by atomic mass is 10.1. The fraction of sp³-hybridized carbons (Fsp3) is 0. The van der Waals surface area contributed by atoms with Crippen LogP contribution in [0, 0.1) is 10.1 Å². The average Bonchev–Trinajstić information content (AvgIpc) is 3.30. The van der Waals surface area contributed by atoms with Crippen LogP contribution in [0.1, 0.15) is 16.1 Å². The number of para-hydroxylation sites is 1. The predicted molar refractivity (Wildman–Crippen MR) is 117 cm³/mol. The Labute approximate surface area is 177 Å². The van der Waals surface area contributed by atoms with Crippen LogP contribution in [-0.2, 0) is 0 Å². The molecule has 4 aromatic rings. The standard InChI is InChI=1S/C23H17N5O3/c29-23(22-16-27(26-25-22)19-11-13-20(14-12-19)28(30)31)15-21(17-7-3-1-4-8-17)24-18-9-5-2-6-10-18/h1-16,24H/b21-15+. The summed E-state index contributed by atoms with van der Waals surface area (Å²) in [7, 11) is 0. The van der Waals surface area contributed by atoms with E-state index in [1.807, 2.05) is 60.7 Å². The predicted octanol–water partition coefficient (Wildman–Crippen LogP) is 4.51. The molecule has 0 aliphatic heterocycles. The van der Waals surface area contributed by atoms with E-state index < -0.39 is 4.92 Å². The number of ketones is 1. The van der Waals surface area contributed by atoms with Gasteiger partial charge in [0.15, 0.2) is 5.69 Å². The molecule has 8 heteroatoms. The minimum Gasteiger partial charge on any atom is -0.355 e. The largest absolute Gasteiger partial charge is 0.355 e. The van der Waals surface area contributed by atoms with E-state index in [4.69, 9.17) is 0 Å². The number of nitro groups is 1. The lowest BCUT2D eigenvalue weighted by Crippen LogP contribution is -2.04. The summed E-state index contributed by atoms with van der Waals surface area (Å²) < 4.78 is 1.40. The first-order valence-corrected chi connectivity index (χ1v) is 9.41. The Bertz CT molecular complexity index is 1230. The molecule has 1 N–H and O–H groups in total. The topological polar surface area (TPSA) is 103 Å². The van der Waals surface area contributed by atoms with Crippen molar-refractivity contribution in [2.75, 3.05) is 5.32 Å². The Hall–Kier alpha value is -4.59. The summed E-state index contributed by atoms with van der Waals surface area (Å²) in [6.45, 7) is 0. The van der Waals surface area contributed by atoms with Gasteiger partial charge in [-0.1, -0.05) is 53.7 Å². The number of nitrogens with zero attached hydrogens (tertiary/aromatic N) is 4. The van der Waals surface area contributed by atoms with Gasteiger partial charge in [-0.3, -0.25) is 14.9 Å². The Morgan fingerprint density at radius 1 is 0.935 bits per heavy atom. The molecule has 8 nitrogen and oxygen atoms in total. The lowest BCUT2D eigenvalue weighted by Gasteiger charge is -2.11. The molecule has 0 atom stereocenters. The molecular formula is C23H17N5O3. The van der Waals surface area contributed by atoms with Crippen LogP contribution in [0.3, 0.4) is 0 Å². The minimum absolute atomic E-state index is 0.0254. The van der Waals surface area contributed by atoms with Gasteiger partial charge in [0.2, 0.25) is 5.78 Å². The maximum Gasteiger partial charge on any atom is 0.269 e. The van der Waals surface area contributed by atoms with E-state index in [9.17, 15) is 14.9 Å². The van der Waals surface area contributed by atoms with Crippen molar-refractivity contribution in [1.29, 1.82) is 0 Å². The molecule has 1 heterocycles. The van der Waals surface area contributed by atoms with Crippen molar-refractivity contribution >= 4 is 22.9 Å². The van der Waals surface area contributed by atoms with Crippen molar-refractivity contribution in [2.45, 2.75) is 0 Å². The molecule has 0 unspecified atom stereocenters. The third kappa shape index (κ3) is 4.70. The summed E-state index contributed by atoms with van der Waals surface area (Å²) in [5.74, 6) is -0.324. The van der Waals surface area contributed by atoms with E-state index in [-0.39, 0.29) is 17.2 Å². The number of rotatable bonds is 7. The number of non-ortho nitro benzene ring substituents is 1. The second-order valence-corrected chi connectivity index (χ2v) is 6.60. The van der Waals surface area contributed by atoms with Crippen LogP contribution >= 0.6 is 0 Å². The number of nitrogens with one attached hydrogen (secondary N) is 1. The quantitative estimate of drug-likeness (QED) is 0.208. The van der Waals surface area contributed by atoms with Crippen LogP contribution in [0.4, 0.5) is 11.4 Å². The summed E-state index contributed by atoms with van der Waals surface area (Å²) in [4.78, 5) is 23.2. The van der Waals surface area contributed by atoms with Crippen molar-refractivity contribution in [3.8, 4) is 5.69 Å². The molecule has 31 heavy (non-hydrogen) atoms. The molecule has 0 amide bonds. The summed E-state index contributed by atoms with van der Waals surface area (Å²) in [6, 6.07) is 24.9. The zero-order valence-corrected chi connectivity index (χ0v) is 16.3. The highest BCUT2D eigenvalue weighted by Gasteiger charge is 2.13. The molecule has 0 aliphatic rings. The summed E-state index contributed by atoms with van der Waals surface area (Å²) in [6.07, 6.45) is 2.97. The van der Waals surface area contributed by atoms with E-state index >= 15 is 0 Å². The third-order valence-corrected chi connectivity index (χ3v) is 4.48. The Morgan fingerprint density at radius 2 is 1.58 bits per heavy atom. The van der Waals surface area contributed by atoms with E-state index in [0.29, 0.717) is 11.4 Å². The molecular weight excluding hydrogens is 394 g/mol. The highest BCUT2D eigenvalue weighted by atomic mass is 16.6. The SMILES string of the molecule is O=C(/C=C(/Nc1ccccc1)c1ccccc1)c1cn(-c2ccc([N+](=O)[O-])cc2)nn1. The maximum absolute atomic E-state index is 12.9. The molecule has 0 saturated carbocycles. The smallest absolute Gasteiger partial charge is 0.269 e. The van der Waals surface area contributed by atoms with Crippen LogP contribution in [-0.4, -0.2) is 25.7 Å². The van der Waals surface area contributed by atoms with Gasteiger partial charge in [0, 0.05) is 29.6 Å². The second kappa shape index (κ2) is 8.83. The highest BCUT2D eigenvalue weighted by Crippen LogP contribution is 2.20. The van der Waals surface area contributed by atoms with Gasteiger partial charge in [0.05, 0.1) is 16.8 Å². The Balaban J connectivity index is 1.61. The van der Waals surface area contributed by atoms with Crippen LogP contribution in [0.15, 0.2) is 97.2 Å². The van der Waals surface area contributed by atoms with Gasteiger partial charge in [-0.05, 0) is 29.8 Å². The van der Waals surface area contributed by atoms with Crippen LogP contribution in [0.25, 0.3) is 11.4 Å². The van der Waals surface area contributed by atoms with Gasteiger partial charge in [-0.25, -0.2) is 4.68 Å². The van der Waals surface area contributed by atoms with Gasteiger partial charge in [-0.15, -0.1) is 5.10 Å². The van der Waals surface area contributed by atoms with E-state index in [2.05, 4.69) is 15.6 Å². The number of hydrogen-bond acceptors (Lipinski definition) is 6. The number of benzene rings is 3. The van der Waals surface area contributed by atoms with Crippen LogP contribution in [0.2, 0.25) is 0 Å². The zero-order chi connectivity index (χ0) is 21.6. The van der Waals surface area contributed by atoms with Crippen molar-refractivity contribution < 1.29 is 9.72 Å². The monoisotopic (exact) mass is 411 g/mol. The fourth-order valence-electron chi connectivity index (χ4n) is 2.92. The van der Waals surface area contributed by atoms with Gasteiger partial charge < -0.3 is 5.32 Å². The van der Waals surface area contributed by atoms with Crippen molar-refractivity contribution in [1.82, 2.24) is 15.0 Å². The molecule has 3 aromatic carbocycles. The van der Waals surface area contributed by atoms with Crippen molar-refractivity contribution in [3.05, 3.63) is 119 Å². The molecule has 0 saturated heterocycles. The first-order chi connectivity index (χ1) is 15.1. The van der Waals surface area contributed by atoms with E-state index in [0.717, 1.165) is 11.3 Å². The third-order valence-electron chi connectivity index (χ3n) is 4.48. The fourth-order valence-corrected chi connectivity index (χ4v) is 2.92. The van der Waals surface area contributed by atoms with Gasteiger partial charge >= 0.3 is 0 Å². The summed E-state index contributed by atoms with van der Waals surface area (Å²) in [5.41, 5.74) is 3.01. The van der Waals surface area contributed by atoms with Gasteiger partial charge in [0.25, 0.3) is 5.69 Å². The Morgan fingerprint density at radius 3 is 2.23 bits per heavy atom. The summed E-state index contributed by atoms with van der Waals surface area (Å²) in [5, 5.41) is 22.0. The lowest BCUT2D eigenvalue weighted by molar-refractivity contribution is -0.384. The van der Waals surface area contributed by atoms with Gasteiger partial charge in [0.1, 0.15) is 0 Å². The van der Waals surface area contributed by atoms with Crippen LogP contribution in [0.5, 0.6) is 0 Å². The second-order valence-electron chi connectivity index (χ2n) is 6.60. The summed E-state index contributed by atoms with van der Waals surface area (Å²) >= 11 is 0. The zero-order valence-electron chi connectivity index (χ0n) is 16.3.